The SMILES string of the molecule is Cc1ccc(/C(O)=C2\C(=O)C(=O)N(Cc3ccccc3)C2c2cccc(Br)c2)cc1. The third-order valence-electron chi connectivity index (χ3n) is 5.23. The molecule has 0 bridgehead atoms. The van der Waals surface area contributed by atoms with E-state index in [9.17, 15) is 14.7 Å². The van der Waals surface area contributed by atoms with Gasteiger partial charge in [-0.05, 0) is 30.2 Å². The molecule has 0 aliphatic carbocycles. The second-order valence-electron chi connectivity index (χ2n) is 7.33. The predicted molar refractivity (Wildman–Crippen MR) is 120 cm³/mol. The summed E-state index contributed by atoms with van der Waals surface area (Å²) in [6.45, 7) is 2.22. The highest BCUT2D eigenvalue weighted by Gasteiger charge is 2.46. The smallest absolute Gasteiger partial charge is 0.295 e. The van der Waals surface area contributed by atoms with Crippen molar-refractivity contribution in [1.82, 2.24) is 4.90 Å². The maximum absolute atomic E-state index is 13.0. The first-order valence-electron chi connectivity index (χ1n) is 9.60. The number of benzene rings is 3. The van der Waals surface area contributed by atoms with Crippen molar-refractivity contribution >= 4 is 33.4 Å². The summed E-state index contributed by atoms with van der Waals surface area (Å²) in [5.74, 6) is -1.44. The highest BCUT2D eigenvalue weighted by atomic mass is 79.9. The molecule has 3 aromatic rings. The third kappa shape index (κ3) is 3.81. The van der Waals surface area contributed by atoms with E-state index in [4.69, 9.17) is 0 Å². The van der Waals surface area contributed by atoms with Crippen LogP contribution < -0.4 is 0 Å². The number of likely N-dealkylation sites (tertiary alicyclic amines) is 1. The van der Waals surface area contributed by atoms with E-state index < -0.39 is 17.7 Å². The molecule has 0 spiro atoms. The summed E-state index contributed by atoms with van der Waals surface area (Å²) in [5.41, 5.74) is 3.33. The summed E-state index contributed by atoms with van der Waals surface area (Å²) in [5, 5.41) is 11.1. The molecule has 1 atom stereocenters. The fourth-order valence-electron chi connectivity index (χ4n) is 3.71. The Labute approximate surface area is 183 Å². The molecule has 1 aliphatic rings. The van der Waals surface area contributed by atoms with Gasteiger partial charge in [0, 0.05) is 16.6 Å². The number of halogens is 1. The summed E-state index contributed by atoms with van der Waals surface area (Å²) < 4.78 is 0.834. The van der Waals surface area contributed by atoms with Gasteiger partial charge in [0.2, 0.25) is 0 Å². The predicted octanol–water partition coefficient (Wildman–Crippen LogP) is 5.38. The van der Waals surface area contributed by atoms with E-state index in [1.165, 1.54) is 4.90 Å². The molecule has 0 saturated carbocycles. The molecule has 1 amide bonds. The lowest BCUT2D eigenvalue weighted by Crippen LogP contribution is -2.29. The fourth-order valence-corrected chi connectivity index (χ4v) is 4.13. The zero-order valence-corrected chi connectivity index (χ0v) is 18.0. The molecule has 1 N–H and O–H groups in total. The molecule has 5 heteroatoms. The Morgan fingerprint density at radius 1 is 0.967 bits per heavy atom. The van der Waals surface area contributed by atoms with Gasteiger partial charge in [0.1, 0.15) is 5.76 Å². The van der Waals surface area contributed by atoms with Gasteiger partial charge in [-0.25, -0.2) is 0 Å². The molecule has 4 nitrogen and oxygen atoms in total. The van der Waals surface area contributed by atoms with Gasteiger partial charge >= 0.3 is 0 Å². The number of rotatable bonds is 4. The number of aliphatic hydroxyl groups is 1. The summed E-state index contributed by atoms with van der Waals surface area (Å²) in [4.78, 5) is 27.6. The second kappa shape index (κ2) is 8.28. The van der Waals surface area contributed by atoms with Gasteiger partial charge in [-0.15, -0.1) is 0 Å². The zero-order chi connectivity index (χ0) is 21.3. The van der Waals surface area contributed by atoms with E-state index in [1.54, 1.807) is 12.1 Å². The molecule has 150 valence electrons. The van der Waals surface area contributed by atoms with Crippen LogP contribution in [0.2, 0.25) is 0 Å². The lowest BCUT2D eigenvalue weighted by Gasteiger charge is -2.25. The van der Waals surface area contributed by atoms with E-state index >= 15 is 0 Å². The highest BCUT2D eigenvalue weighted by molar-refractivity contribution is 9.10. The van der Waals surface area contributed by atoms with E-state index in [-0.39, 0.29) is 17.9 Å². The van der Waals surface area contributed by atoms with Crippen molar-refractivity contribution in [2.75, 3.05) is 0 Å². The van der Waals surface area contributed by atoms with E-state index in [1.807, 2.05) is 73.7 Å². The van der Waals surface area contributed by atoms with Crippen molar-refractivity contribution in [2.45, 2.75) is 19.5 Å². The van der Waals surface area contributed by atoms with Gasteiger partial charge in [-0.1, -0.05) is 88.2 Å². The van der Waals surface area contributed by atoms with Gasteiger partial charge in [0.15, 0.2) is 0 Å². The van der Waals surface area contributed by atoms with Crippen molar-refractivity contribution < 1.29 is 14.7 Å². The first kappa shape index (κ1) is 20.1. The van der Waals surface area contributed by atoms with Gasteiger partial charge < -0.3 is 10.0 Å². The van der Waals surface area contributed by atoms with Crippen LogP contribution >= 0.6 is 15.9 Å². The number of hydrogen-bond acceptors (Lipinski definition) is 3. The molecule has 1 saturated heterocycles. The van der Waals surface area contributed by atoms with Crippen LogP contribution in [0.5, 0.6) is 0 Å². The number of Topliss-reactive ketones (excluding diaryl/α,β-unsaturated/α-hetero) is 1. The van der Waals surface area contributed by atoms with Crippen LogP contribution in [0.15, 0.2) is 88.9 Å². The first-order valence-corrected chi connectivity index (χ1v) is 10.4. The van der Waals surface area contributed by atoms with Crippen LogP contribution in [-0.4, -0.2) is 21.7 Å². The summed E-state index contributed by atoms with van der Waals surface area (Å²) in [7, 11) is 0. The third-order valence-corrected chi connectivity index (χ3v) is 5.72. The Morgan fingerprint density at radius 2 is 1.67 bits per heavy atom. The lowest BCUT2D eigenvalue weighted by molar-refractivity contribution is -0.140. The quantitative estimate of drug-likeness (QED) is 0.322. The number of carbonyl (C=O) groups excluding carboxylic acids is 2. The minimum absolute atomic E-state index is 0.109. The number of hydrogen-bond donors (Lipinski definition) is 1. The number of amides is 1. The van der Waals surface area contributed by atoms with Crippen molar-refractivity contribution in [2.24, 2.45) is 0 Å². The molecule has 0 aromatic heterocycles. The number of carbonyl (C=O) groups is 2. The van der Waals surface area contributed by atoms with Crippen LogP contribution in [-0.2, 0) is 16.1 Å². The molecular formula is C25H20BrNO3. The average Bonchev–Trinajstić information content (AvgIpc) is 2.99. The zero-order valence-electron chi connectivity index (χ0n) is 16.4. The Hall–Kier alpha value is -3.18. The number of aliphatic hydroxyl groups excluding tert-OH is 1. The van der Waals surface area contributed by atoms with Crippen LogP contribution in [0.3, 0.4) is 0 Å². The topological polar surface area (TPSA) is 57.6 Å². The molecule has 0 radical (unpaired) electrons. The van der Waals surface area contributed by atoms with Gasteiger partial charge in [0.05, 0.1) is 11.6 Å². The van der Waals surface area contributed by atoms with E-state index in [0.29, 0.717) is 5.56 Å². The van der Waals surface area contributed by atoms with Crippen LogP contribution in [0.25, 0.3) is 5.76 Å². The van der Waals surface area contributed by atoms with Gasteiger partial charge in [-0.3, -0.25) is 9.59 Å². The molecule has 1 fully saturated rings. The minimum atomic E-state index is -0.677. The van der Waals surface area contributed by atoms with Crippen molar-refractivity contribution in [3.05, 3.63) is 111 Å². The van der Waals surface area contributed by atoms with Crippen molar-refractivity contribution in [1.29, 1.82) is 0 Å². The molecule has 4 rings (SSSR count). The molecule has 1 unspecified atom stereocenters. The number of aryl methyl sites for hydroxylation is 1. The lowest BCUT2D eigenvalue weighted by atomic mass is 9.95. The maximum atomic E-state index is 13.0. The Bertz CT molecular complexity index is 1140. The maximum Gasteiger partial charge on any atom is 0.295 e. The molecular weight excluding hydrogens is 442 g/mol. The Kier molecular flexibility index (Phi) is 5.55. The van der Waals surface area contributed by atoms with E-state index in [2.05, 4.69) is 15.9 Å². The normalized spacial score (nSPS) is 18.1. The van der Waals surface area contributed by atoms with Crippen LogP contribution in [0.4, 0.5) is 0 Å². The van der Waals surface area contributed by atoms with Gasteiger partial charge in [0.25, 0.3) is 11.7 Å². The highest BCUT2D eigenvalue weighted by Crippen LogP contribution is 2.40. The van der Waals surface area contributed by atoms with Crippen LogP contribution in [0, 0.1) is 6.92 Å². The number of ketones is 1. The molecule has 3 aromatic carbocycles. The Balaban J connectivity index is 1.87. The largest absolute Gasteiger partial charge is 0.507 e. The fraction of sp³-hybridized carbons (Fsp3) is 0.120. The second-order valence-corrected chi connectivity index (χ2v) is 8.25. The van der Waals surface area contributed by atoms with Crippen molar-refractivity contribution in [3.63, 3.8) is 0 Å². The van der Waals surface area contributed by atoms with Gasteiger partial charge in [-0.2, -0.15) is 0 Å². The monoisotopic (exact) mass is 461 g/mol. The molecule has 30 heavy (non-hydrogen) atoms. The average molecular weight is 462 g/mol. The molecule has 1 heterocycles. The summed E-state index contributed by atoms with van der Waals surface area (Å²) >= 11 is 3.47. The number of nitrogens with zero attached hydrogens (tertiary/aromatic N) is 1. The molecule has 1 aliphatic heterocycles. The van der Waals surface area contributed by atoms with E-state index in [0.717, 1.165) is 21.2 Å². The minimum Gasteiger partial charge on any atom is -0.507 e. The van der Waals surface area contributed by atoms with Crippen LogP contribution in [0.1, 0.15) is 28.3 Å². The Morgan fingerprint density at radius 3 is 2.33 bits per heavy atom. The first-order chi connectivity index (χ1) is 14.5. The summed E-state index contributed by atoms with van der Waals surface area (Å²) in [6, 6.07) is 23.6. The standard InChI is InChI=1S/C25H20BrNO3/c1-16-10-12-18(13-11-16)23(28)21-22(19-8-5-9-20(26)14-19)27(25(30)24(21)29)15-17-6-3-2-4-7-17/h2-14,22,28H,15H2,1H3/b23-21+. The summed E-state index contributed by atoms with van der Waals surface area (Å²) in [6.07, 6.45) is 0. The van der Waals surface area contributed by atoms with Crippen molar-refractivity contribution in [3.8, 4) is 0 Å².